The Bertz CT molecular complexity index is 758. The van der Waals surface area contributed by atoms with Crippen LogP contribution < -0.4 is 10.2 Å². The van der Waals surface area contributed by atoms with Gasteiger partial charge in [-0.05, 0) is 86.5 Å². The topological polar surface area (TPSA) is 69.6 Å². The van der Waals surface area contributed by atoms with Crippen LogP contribution in [0.25, 0.3) is 0 Å². The Labute approximate surface area is 160 Å². The predicted molar refractivity (Wildman–Crippen MR) is 103 cm³/mol. The number of rotatable bonds is 4. The Balaban J connectivity index is 1.24. The van der Waals surface area contributed by atoms with Gasteiger partial charge in [0.2, 0.25) is 11.8 Å². The van der Waals surface area contributed by atoms with Gasteiger partial charge in [-0.1, -0.05) is 0 Å². The van der Waals surface area contributed by atoms with Crippen LogP contribution in [0.2, 0.25) is 0 Å². The van der Waals surface area contributed by atoms with Crippen LogP contribution in [0.5, 0.6) is 0 Å². The summed E-state index contributed by atoms with van der Waals surface area (Å²) in [6.07, 6.45) is 8.12. The largest absolute Gasteiger partial charge is 0.390 e. The van der Waals surface area contributed by atoms with Gasteiger partial charge in [-0.15, -0.1) is 0 Å². The number of hydrogen-bond donors (Lipinski definition) is 2. The van der Waals surface area contributed by atoms with Crippen LogP contribution in [-0.4, -0.2) is 29.1 Å². The third-order valence-corrected chi connectivity index (χ3v) is 7.22. The van der Waals surface area contributed by atoms with Crippen LogP contribution in [0.4, 0.5) is 11.4 Å². The fourth-order valence-corrected chi connectivity index (χ4v) is 6.80. The Hall–Kier alpha value is -1.88. The van der Waals surface area contributed by atoms with E-state index in [4.69, 9.17) is 0 Å². The Morgan fingerprint density at radius 1 is 1.15 bits per heavy atom. The maximum Gasteiger partial charge on any atom is 0.227 e. The molecule has 1 saturated heterocycles. The minimum Gasteiger partial charge on any atom is -0.390 e. The van der Waals surface area contributed by atoms with Gasteiger partial charge >= 0.3 is 0 Å². The molecule has 2 amide bonds. The molecule has 5 fully saturated rings. The quantitative estimate of drug-likeness (QED) is 0.855. The second-order valence-corrected chi connectivity index (χ2v) is 9.61. The molecule has 5 heteroatoms. The van der Waals surface area contributed by atoms with E-state index in [1.54, 1.807) is 0 Å². The molecule has 144 valence electrons. The van der Waals surface area contributed by atoms with E-state index in [1.165, 1.54) is 6.42 Å². The number of nitrogens with zero attached hydrogens (tertiary/aromatic N) is 1. The summed E-state index contributed by atoms with van der Waals surface area (Å²) in [7, 11) is 0. The van der Waals surface area contributed by atoms with Gasteiger partial charge in [-0.2, -0.15) is 0 Å². The van der Waals surface area contributed by atoms with Crippen molar-refractivity contribution in [2.75, 3.05) is 16.8 Å². The van der Waals surface area contributed by atoms with E-state index in [0.29, 0.717) is 24.7 Å². The van der Waals surface area contributed by atoms with E-state index in [0.717, 1.165) is 56.4 Å². The van der Waals surface area contributed by atoms with Gasteiger partial charge in [0.1, 0.15) is 0 Å². The second kappa shape index (κ2) is 6.06. The predicted octanol–water partition coefficient (Wildman–Crippen LogP) is 3.47. The van der Waals surface area contributed by atoms with E-state index in [2.05, 4.69) is 5.32 Å². The lowest BCUT2D eigenvalue weighted by Gasteiger charge is -2.60. The van der Waals surface area contributed by atoms with Crippen molar-refractivity contribution in [1.29, 1.82) is 0 Å². The highest BCUT2D eigenvalue weighted by atomic mass is 16.3. The van der Waals surface area contributed by atoms with Crippen molar-refractivity contribution in [2.45, 2.75) is 63.4 Å². The van der Waals surface area contributed by atoms with Crippen molar-refractivity contribution in [3.8, 4) is 0 Å². The average Bonchev–Trinajstić information content (AvgIpc) is 2.98. The zero-order chi connectivity index (χ0) is 18.6. The van der Waals surface area contributed by atoms with Crippen LogP contribution >= 0.6 is 0 Å². The summed E-state index contributed by atoms with van der Waals surface area (Å²) in [6.45, 7) is 0.776. The van der Waals surface area contributed by atoms with Crippen molar-refractivity contribution in [1.82, 2.24) is 0 Å². The van der Waals surface area contributed by atoms with Crippen LogP contribution in [0.1, 0.15) is 57.8 Å². The molecule has 4 aliphatic carbocycles. The van der Waals surface area contributed by atoms with E-state index in [9.17, 15) is 14.7 Å². The number of carbonyl (C=O) groups excluding carboxylic acids is 2. The van der Waals surface area contributed by atoms with Crippen molar-refractivity contribution in [3.63, 3.8) is 0 Å². The first-order chi connectivity index (χ1) is 12.9. The minimum atomic E-state index is -0.520. The zero-order valence-corrected chi connectivity index (χ0v) is 15.7. The molecule has 1 aromatic rings. The minimum absolute atomic E-state index is 0.00910. The molecule has 4 saturated carbocycles. The van der Waals surface area contributed by atoms with Crippen LogP contribution in [0.3, 0.4) is 0 Å². The summed E-state index contributed by atoms with van der Waals surface area (Å²) < 4.78 is 0. The smallest absolute Gasteiger partial charge is 0.227 e. The second-order valence-electron chi connectivity index (χ2n) is 9.61. The van der Waals surface area contributed by atoms with Gasteiger partial charge in [0, 0.05) is 30.8 Å². The lowest BCUT2D eigenvalue weighted by atomic mass is 9.47. The van der Waals surface area contributed by atoms with Crippen molar-refractivity contribution in [2.24, 2.45) is 17.3 Å². The van der Waals surface area contributed by atoms with Gasteiger partial charge < -0.3 is 15.3 Å². The normalized spacial score (nSPS) is 37.1. The monoisotopic (exact) mass is 368 g/mol. The average molecular weight is 368 g/mol. The fraction of sp³-hybridized carbons (Fsp3) is 0.636. The van der Waals surface area contributed by atoms with Crippen molar-refractivity contribution >= 4 is 23.2 Å². The number of anilines is 2. The molecule has 6 rings (SSSR count). The molecule has 1 aromatic carbocycles. The SMILES string of the molecule is O=C(CC12C[C@H]3C[C@@H](CC(O)(C3)C1)C2)Nc1ccc(N2CCCC2=O)cc1. The van der Waals surface area contributed by atoms with E-state index in [1.807, 2.05) is 29.2 Å². The zero-order valence-electron chi connectivity index (χ0n) is 15.7. The number of benzene rings is 1. The molecule has 2 N–H and O–H groups in total. The molecule has 2 atom stereocenters. The van der Waals surface area contributed by atoms with Crippen molar-refractivity contribution < 1.29 is 14.7 Å². The Kier molecular flexibility index (Phi) is 3.87. The van der Waals surface area contributed by atoms with Crippen molar-refractivity contribution in [3.05, 3.63) is 24.3 Å². The van der Waals surface area contributed by atoms with E-state index >= 15 is 0 Å². The summed E-state index contributed by atoms with van der Waals surface area (Å²) in [5.74, 6) is 1.42. The maximum absolute atomic E-state index is 12.7. The highest BCUT2D eigenvalue weighted by molar-refractivity contribution is 5.96. The van der Waals surface area contributed by atoms with Gasteiger partial charge in [-0.3, -0.25) is 9.59 Å². The summed E-state index contributed by atoms with van der Waals surface area (Å²) in [4.78, 5) is 26.4. The first kappa shape index (κ1) is 17.2. The lowest BCUT2D eigenvalue weighted by molar-refractivity contribution is -0.167. The molecule has 0 unspecified atom stereocenters. The first-order valence-electron chi connectivity index (χ1n) is 10.3. The number of amides is 2. The molecule has 0 spiro atoms. The molecule has 27 heavy (non-hydrogen) atoms. The fourth-order valence-electron chi connectivity index (χ4n) is 6.80. The molecule has 0 aromatic heterocycles. The van der Waals surface area contributed by atoms with Gasteiger partial charge in [-0.25, -0.2) is 0 Å². The summed E-state index contributed by atoms with van der Waals surface area (Å²) in [5, 5.41) is 13.9. The lowest BCUT2D eigenvalue weighted by Crippen LogP contribution is -2.56. The number of carbonyl (C=O) groups is 2. The molecular weight excluding hydrogens is 340 g/mol. The molecule has 0 radical (unpaired) electrons. The Morgan fingerprint density at radius 2 is 1.85 bits per heavy atom. The van der Waals surface area contributed by atoms with Gasteiger partial charge in [0.15, 0.2) is 0 Å². The number of hydrogen-bond acceptors (Lipinski definition) is 3. The molecule has 1 aliphatic heterocycles. The molecule has 4 bridgehead atoms. The highest BCUT2D eigenvalue weighted by Gasteiger charge is 2.57. The third-order valence-electron chi connectivity index (χ3n) is 7.22. The number of aliphatic hydroxyl groups is 1. The first-order valence-corrected chi connectivity index (χ1v) is 10.3. The Morgan fingerprint density at radius 3 is 2.44 bits per heavy atom. The maximum atomic E-state index is 12.7. The van der Waals surface area contributed by atoms with Gasteiger partial charge in [0.25, 0.3) is 0 Å². The summed E-state index contributed by atoms with van der Waals surface area (Å²) in [6, 6.07) is 7.58. The molecule has 5 aliphatic rings. The number of nitrogens with one attached hydrogen (secondary N) is 1. The summed E-state index contributed by atoms with van der Waals surface area (Å²) in [5.41, 5.74) is 1.15. The van der Waals surface area contributed by atoms with Crippen LogP contribution in [-0.2, 0) is 9.59 Å². The highest BCUT2D eigenvalue weighted by Crippen LogP contribution is 2.62. The summed E-state index contributed by atoms with van der Waals surface area (Å²) >= 11 is 0. The van der Waals surface area contributed by atoms with Gasteiger partial charge in [0.05, 0.1) is 5.60 Å². The molecule has 5 nitrogen and oxygen atoms in total. The molecule has 1 heterocycles. The third kappa shape index (κ3) is 3.16. The molecular formula is C22H28N2O3. The van der Waals surface area contributed by atoms with E-state index in [-0.39, 0.29) is 17.2 Å². The van der Waals surface area contributed by atoms with Crippen LogP contribution in [0, 0.1) is 17.3 Å². The van der Waals surface area contributed by atoms with Crippen LogP contribution in [0.15, 0.2) is 24.3 Å². The van der Waals surface area contributed by atoms with E-state index < -0.39 is 5.60 Å². The standard InChI is InChI=1S/C22H28N2O3/c25-19(13-21-9-15-8-16(10-21)12-22(27,11-15)14-21)23-17-3-5-18(6-4-17)24-7-1-2-20(24)26/h3-6,15-16,27H,1-2,7-14H2,(H,23,25)/t15-,16-,21?,22?/m1/s1.